The van der Waals surface area contributed by atoms with E-state index < -0.39 is 23.9 Å². The van der Waals surface area contributed by atoms with Gasteiger partial charge in [-0.3, -0.25) is 24.8 Å². The van der Waals surface area contributed by atoms with Gasteiger partial charge in [-0.05, 0) is 36.8 Å². The fourth-order valence-corrected chi connectivity index (χ4v) is 4.18. The highest BCUT2D eigenvalue weighted by Gasteiger charge is 2.32. The summed E-state index contributed by atoms with van der Waals surface area (Å²) in [6, 6.07) is 6.88. The monoisotopic (exact) mass is 522 g/mol. The zero-order valence-corrected chi connectivity index (χ0v) is 19.8. The van der Waals surface area contributed by atoms with Gasteiger partial charge in [0, 0.05) is 24.8 Å². The molecule has 3 heterocycles. The van der Waals surface area contributed by atoms with Gasteiger partial charge in [0.1, 0.15) is 5.69 Å². The van der Waals surface area contributed by atoms with Gasteiger partial charge in [-0.25, -0.2) is 0 Å². The number of hydrogen-bond donors (Lipinski definition) is 2. The van der Waals surface area contributed by atoms with E-state index in [1.807, 2.05) is 13.0 Å². The van der Waals surface area contributed by atoms with E-state index in [0.29, 0.717) is 37.0 Å². The molecule has 190 valence electrons. The number of carbonyl (C=O) groups excluding carboxylic acids is 2. The minimum atomic E-state index is -4.99. The lowest BCUT2D eigenvalue weighted by atomic mass is 10.1. The van der Waals surface area contributed by atoms with Crippen molar-refractivity contribution < 1.29 is 32.2 Å². The van der Waals surface area contributed by atoms with E-state index in [0.717, 1.165) is 35.1 Å². The Labute approximate surface area is 207 Å². The van der Waals surface area contributed by atoms with Gasteiger partial charge in [-0.15, -0.1) is 23.4 Å². The van der Waals surface area contributed by atoms with Crippen LogP contribution in [0.25, 0.3) is 10.7 Å². The number of aryl methyl sites for hydroxylation is 1. The average Bonchev–Trinajstić information content (AvgIpc) is 3.28. The van der Waals surface area contributed by atoms with Crippen LogP contribution in [0.3, 0.4) is 0 Å². The number of hydrogen-bond acceptors (Lipinski definition) is 9. The first-order valence-corrected chi connectivity index (χ1v) is 11.6. The Hall–Kier alpha value is -3.62. The second kappa shape index (κ2) is 11.0. The molecule has 1 aliphatic heterocycles. The van der Waals surface area contributed by atoms with Crippen molar-refractivity contribution in [1.29, 1.82) is 0 Å². The van der Waals surface area contributed by atoms with Gasteiger partial charge >= 0.3 is 6.36 Å². The topological polar surface area (TPSA) is 119 Å². The fraction of sp³-hybridized carbons (Fsp3) is 0.318. The predicted octanol–water partition coefficient (Wildman–Crippen LogP) is 3.33. The van der Waals surface area contributed by atoms with Gasteiger partial charge in [-0.1, -0.05) is 17.4 Å². The normalized spacial score (nSPS) is 14.3. The average molecular weight is 523 g/mol. The van der Waals surface area contributed by atoms with Crippen molar-refractivity contribution in [3.05, 3.63) is 47.7 Å². The summed E-state index contributed by atoms with van der Waals surface area (Å²) in [4.78, 5) is 31.3. The van der Waals surface area contributed by atoms with E-state index in [4.69, 9.17) is 4.74 Å². The van der Waals surface area contributed by atoms with E-state index >= 15 is 0 Å². The molecule has 0 spiro atoms. The van der Waals surface area contributed by atoms with Crippen molar-refractivity contribution in [3.63, 3.8) is 0 Å². The lowest BCUT2D eigenvalue weighted by molar-refractivity contribution is -0.274. The molecule has 4 rings (SSSR count). The van der Waals surface area contributed by atoms with Gasteiger partial charge in [0.15, 0.2) is 10.8 Å². The van der Waals surface area contributed by atoms with Crippen LogP contribution in [0.2, 0.25) is 0 Å². The van der Waals surface area contributed by atoms with E-state index in [9.17, 15) is 22.8 Å². The van der Waals surface area contributed by atoms with Crippen LogP contribution < -0.4 is 15.4 Å². The molecule has 2 aromatic heterocycles. The molecule has 1 aromatic carbocycles. The van der Waals surface area contributed by atoms with E-state index in [1.54, 1.807) is 17.2 Å². The highest BCUT2D eigenvalue weighted by molar-refractivity contribution is 7.18. The van der Waals surface area contributed by atoms with Crippen LogP contribution in [0, 0.1) is 6.92 Å². The fourth-order valence-electron chi connectivity index (χ4n) is 3.38. The minimum absolute atomic E-state index is 0.0167. The Morgan fingerprint density at radius 1 is 1.17 bits per heavy atom. The third-order valence-corrected chi connectivity index (χ3v) is 5.92. The lowest BCUT2D eigenvalue weighted by Gasteiger charge is -2.26. The summed E-state index contributed by atoms with van der Waals surface area (Å²) in [7, 11) is 0. The molecule has 0 aliphatic carbocycles. The van der Waals surface area contributed by atoms with Gasteiger partial charge in [0.05, 0.1) is 25.4 Å². The summed E-state index contributed by atoms with van der Waals surface area (Å²) in [6.45, 7) is 3.76. The van der Waals surface area contributed by atoms with Crippen molar-refractivity contribution >= 4 is 34.0 Å². The Kier molecular flexibility index (Phi) is 7.76. The number of morpholine rings is 1. The van der Waals surface area contributed by atoms with Crippen LogP contribution in [-0.2, 0) is 9.53 Å². The number of nitrogens with one attached hydrogen (secondary N) is 2. The first kappa shape index (κ1) is 25.5. The summed E-state index contributed by atoms with van der Waals surface area (Å²) in [5, 5.41) is 13.6. The summed E-state index contributed by atoms with van der Waals surface area (Å²) in [5.41, 5.74) is 1.19. The van der Waals surface area contributed by atoms with Crippen molar-refractivity contribution in [1.82, 2.24) is 20.1 Å². The molecular weight excluding hydrogens is 501 g/mol. The standard InChI is InChI=1S/C22H21F3N6O4S/c1-13-3-2-6-26-18(13)20-29-30-21(36-20)28-19(33)14-4-5-16(35-22(23,24)25)15(11-14)27-17(32)12-31-7-9-34-10-8-31/h2-6,11H,7-10,12H2,1H3,(H,27,32)(H,28,30,33). The van der Waals surface area contributed by atoms with Crippen molar-refractivity contribution in [3.8, 4) is 16.5 Å². The van der Waals surface area contributed by atoms with Crippen LogP contribution in [0.5, 0.6) is 5.75 Å². The third-order valence-electron chi connectivity index (χ3n) is 5.07. The zero-order chi connectivity index (χ0) is 25.7. The number of ether oxygens (including phenoxy) is 2. The highest BCUT2D eigenvalue weighted by atomic mass is 32.1. The van der Waals surface area contributed by atoms with E-state index in [-0.39, 0.29) is 22.9 Å². The highest BCUT2D eigenvalue weighted by Crippen LogP contribution is 2.32. The molecule has 1 fully saturated rings. The zero-order valence-electron chi connectivity index (χ0n) is 19.0. The van der Waals surface area contributed by atoms with Gasteiger partial charge in [-0.2, -0.15) is 0 Å². The van der Waals surface area contributed by atoms with Crippen molar-refractivity contribution in [2.24, 2.45) is 0 Å². The molecule has 0 unspecified atom stereocenters. The molecule has 0 bridgehead atoms. The minimum Gasteiger partial charge on any atom is -0.404 e. The summed E-state index contributed by atoms with van der Waals surface area (Å²) >= 11 is 1.09. The van der Waals surface area contributed by atoms with Crippen LogP contribution in [-0.4, -0.2) is 71.1 Å². The number of pyridine rings is 1. The number of halogens is 3. The molecule has 36 heavy (non-hydrogen) atoms. The quantitative estimate of drug-likeness (QED) is 0.485. The Morgan fingerprint density at radius 3 is 2.67 bits per heavy atom. The molecule has 0 radical (unpaired) electrons. The smallest absolute Gasteiger partial charge is 0.404 e. The van der Waals surface area contributed by atoms with Gasteiger partial charge < -0.3 is 14.8 Å². The number of benzene rings is 1. The largest absolute Gasteiger partial charge is 0.573 e. The molecule has 10 nitrogen and oxygen atoms in total. The van der Waals surface area contributed by atoms with Crippen LogP contribution in [0.15, 0.2) is 36.5 Å². The van der Waals surface area contributed by atoms with Gasteiger partial charge in [0.25, 0.3) is 5.91 Å². The number of alkyl halides is 3. The number of carbonyl (C=O) groups is 2. The predicted molar refractivity (Wildman–Crippen MR) is 125 cm³/mol. The number of rotatable bonds is 7. The summed E-state index contributed by atoms with van der Waals surface area (Å²) in [5.74, 6) is -1.85. The first-order valence-electron chi connectivity index (χ1n) is 10.7. The first-order chi connectivity index (χ1) is 17.2. The second-order valence-corrected chi connectivity index (χ2v) is 8.71. The maximum atomic E-state index is 12.9. The van der Waals surface area contributed by atoms with Crippen molar-refractivity contribution in [2.45, 2.75) is 13.3 Å². The Balaban J connectivity index is 1.50. The molecule has 1 saturated heterocycles. The summed E-state index contributed by atoms with van der Waals surface area (Å²) in [6.07, 6.45) is -3.37. The van der Waals surface area contributed by atoms with E-state index in [1.165, 1.54) is 0 Å². The maximum absolute atomic E-state index is 12.9. The van der Waals surface area contributed by atoms with Crippen LogP contribution >= 0.6 is 11.3 Å². The second-order valence-electron chi connectivity index (χ2n) is 7.73. The molecule has 0 saturated carbocycles. The molecular formula is C22H21F3N6O4S. The lowest BCUT2D eigenvalue weighted by Crippen LogP contribution is -2.41. The number of nitrogens with zero attached hydrogens (tertiary/aromatic N) is 4. The Bertz CT molecular complexity index is 1250. The number of anilines is 2. The van der Waals surface area contributed by atoms with Crippen LogP contribution in [0.1, 0.15) is 15.9 Å². The number of aromatic nitrogens is 3. The Morgan fingerprint density at radius 2 is 1.94 bits per heavy atom. The van der Waals surface area contributed by atoms with Crippen molar-refractivity contribution in [2.75, 3.05) is 43.5 Å². The maximum Gasteiger partial charge on any atom is 0.573 e. The molecule has 1 aliphatic rings. The third kappa shape index (κ3) is 6.74. The molecule has 14 heteroatoms. The van der Waals surface area contributed by atoms with E-state index in [2.05, 4.69) is 30.6 Å². The SMILES string of the molecule is Cc1cccnc1-c1nnc(NC(=O)c2ccc(OC(F)(F)F)c(NC(=O)CN3CCOCC3)c2)s1. The molecule has 3 aromatic rings. The molecule has 0 atom stereocenters. The molecule has 2 amide bonds. The van der Waals surface area contributed by atoms with Crippen LogP contribution in [0.4, 0.5) is 24.0 Å². The number of amides is 2. The molecule has 2 N–H and O–H groups in total. The van der Waals surface area contributed by atoms with Gasteiger partial charge in [0.2, 0.25) is 11.0 Å². The summed E-state index contributed by atoms with van der Waals surface area (Å²) < 4.78 is 47.9.